The number of nitrogens with one attached hydrogen (secondary N) is 1. The molecule has 2 aromatic carbocycles. The van der Waals surface area contributed by atoms with Crippen molar-refractivity contribution in [3.05, 3.63) is 58.7 Å². The van der Waals surface area contributed by atoms with E-state index in [2.05, 4.69) is 5.43 Å². The molecule has 0 spiro atoms. The van der Waals surface area contributed by atoms with Gasteiger partial charge in [-0.15, -0.1) is 0 Å². The Labute approximate surface area is 200 Å². The van der Waals surface area contributed by atoms with Crippen molar-refractivity contribution in [1.82, 2.24) is 10.4 Å². The van der Waals surface area contributed by atoms with Crippen molar-refractivity contribution in [2.75, 3.05) is 0 Å². The summed E-state index contributed by atoms with van der Waals surface area (Å²) < 4.78 is 0. The van der Waals surface area contributed by atoms with E-state index in [-0.39, 0.29) is 28.5 Å². The zero-order valence-electron chi connectivity index (χ0n) is 20.5. The van der Waals surface area contributed by atoms with Crippen molar-refractivity contribution in [1.29, 1.82) is 0 Å². The van der Waals surface area contributed by atoms with E-state index in [1.165, 1.54) is 24.3 Å². The van der Waals surface area contributed by atoms with Crippen LogP contribution in [-0.2, 0) is 0 Å². The minimum Gasteiger partial charge on any atom is -0.423 e. The van der Waals surface area contributed by atoms with Crippen LogP contribution in [0.1, 0.15) is 66.0 Å². The van der Waals surface area contributed by atoms with Gasteiger partial charge in [-0.2, -0.15) is 0 Å². The van der Waals surface area contributed by atoms with Crippen LogP contribution in [0, 0.1) is 19.3 Å². The average molecular weight is 469 g/mol. The first kappa shape index (κ1) is 27.6. The fourth-order valence-corrected chi connectivity index (χ4v) is 3.83. The minimum atomic E-state index is -1.78. The monoisotopic (exact) mass is 469 g/mol. The predicted molar refractivity (Wildman–Crippen MR) is 132 cm³/mol. The molecule has 11 heteroatoms. The fourth-order valence-electron chi connectivity index (χ4n) is 3.83. The second-order valence-electron chi connectivity index (χ2n) is 9.62. The average Bonchev–Trinajstić information content (AvgIpc) is 2.74. The number of nitrogens with two attached hydrogens (primary N) is 1. The molecule has 7 N–H and O–H groups in total. The molecule has 0 saturated carbocycles. The molecule has 2 aromatic rings. The third-order valence-electron chi connectivity index (χ3n) is 5.96. The second-order valence-corrected chi connectivity index (χ2v) is 9.62. The van der Waals surface area contributed by atoms with E-state index >= 15 is 0 Å². The molecular formula is C23H33B2N3O6. The van der Waals surface area contributed by atoms with Crippen LogP contribution in [-0.4, -0.2) is 56.8 Å². The number of hydrogen-bond acceptors (Lipinski definition) is 7. The van der Waals surface area contributed by atoms with Gasteiger partial charge in [0, 0.05) is 16.5 Å². The Bertz CT molecular complexity index is 1070. The van der Waals surface area contributed by atoms with Gasteiger partial charge in [-0.05, 0) is 55.5 Å². The number of hydrogen-bond donors (Lipinski definition) is 6. The Hall–Kier alpha value is -2.69. The van der Waals surface area contributed by atoms with Crippen molar-refractivity contribution in [3.8, 4) is 0 Å². The van der Waals surface area contributed by atoms with Crippen LogP contribution in [0.3, 0.4) is 0 Å². The Morgan fingerprint density at radius 2 is 1.32 bits per heavy atom. The van der Waals surface area contributed by atoms with Crippen molar-refractivity contribution < 1.29 is 29.7 Å². The molecule has 0 aliphatic heterocycles. The maximum atomic E-state index is 13.7. The molecule has 0 aliphatic carbocycles. The van der Waals surface area contributed by atoms with Gasteiger partial charge in [-0.3, -0.25) is 15.0 Å². The van der Waals surface area contributed by atoms with Gasteiger partial charge in [0.05, 0.1) is 0 Å². The molecule has 2 rings (SSSR count). The third-order valence-corrected chi connectivity index (χ3v) is 5.96. The van der Waals surface area contributed by atoms with Gasteiger partial charge in [0.25, 0.3) is 11.8 Å². The van der Waals surface area contributed by atoms with E-state index in [4.69, 9.17) is 5.73 Å². The quantitative estimate of drug-likeness (QED) is 0.190. The van der Waals surface area contributed by atoms with E-state index in [0.717, 1.165) is 5.01 Å². The summed E-state index contributed by atoms with van der Waals surface area (Å²) in [5.74, 6) is -1.30. The van der Waals surface area contributed by atoms with Crippen molar-refractivity contribution in [2.45, 2.75) is 53.6 Å². The third kappa shape index (κ3) is 5.86. The van der Waals surface area contributed by atoms with Gasteiger partial charge in [0.1, 0.15) is 5.66 Å². The lowest BCUT2D eigenvalue weighted by atomic mass is 9.77. The summed E-state index contributed by atoms with van der Waals surface area (Å²) in [6, 6.07) is 8.86. The van der Waals surface area contributed by atoms with Crippen LogP contribution in [0.4, 0.5) is 0 Å². The van der Waals surface area contributed by atoms with E-state index in [1.54, 1.807) is 32.9 Å². The normalized spacial score (nSPS) is 13.1. The molecule has 1 atom stereocenters. The Morgan fingerprint density at radius 3 is 1.74 bits per heavy atom. The summed E-state index contributed by atoms with van der Waals surface area (Å²) >= 11 is 0. The fraction of sp³-hybridized carbons (Fsp3) is 0.391. The lowest BCUT2D eigenvalue weighted by Crippen LogP contribution is -2.70. The summed E-state index contributed by atoms with van der Waals surface area (Å²) in [7, 11) is -3.54. The molecule has 0 aromatic heterocycles. The highest BCUT2D eigenvalue weighted by Gasteiger charge is 2.46. The van der Waals surface area contributed by atoms with Crippen molar-refractivity contribution >= 4 is 37.0 Å². The van der Waals surface area contributed by atoms with Crippen LogP contribution in [0.2, 0.25) is 0 Å². The Balaban J connectivity index is 2.60. The number of rotatable bonds is 6. The first-order valence-corrected chi connectivity index (χ1v) is 11.0. The minimum absolute atomic E-state index is 0.115. The van der Waals surface area contributed by atoms with Crippen LogP contribution >= 0.6 is 0 Å². The molecule has 0 radical (unpaired) electrons. The van der Waals surface area contributed by atoms with E-state index in [1.807, 2.05) is 20.8 Å². The Kier molecular flexibility index (Phi) is 8.34. The summed E-state index contributed by atoms with van der Waals surface area (Å²) in [6.07, 6.45) is 0.290. The molecule has 0 aliphatic rings. The van der Waals surface area contributed by atoms with Crippen molar-refractivity contribution in [2.24, 2.45) is 11.1 Å². The number of aryl methyl sites for hydroxylation is 2. The Morgan fingerprint density at radius 1 is 0.882 bits per heavy atom. The topological polar surface area (TPSA) is 156 Å². The summed E-state index contributed by atoms with van der Waals surface area (Å²) in [5.41, 5.74) is 9.10. The van der Waals surface area contributed by atoms with Gasteiger partial charge >= 0.3 is 14.2 Å². The van der Waals surface area contributed by atoms with Crippen LogP contribution < -0.4 is 22.1 Å². The first-order valence-electron chi connectivity index (χ1n) is 11.0. The second kappa shape index (κ2) is 10.3. The zero-order valence-corrected chi connectivity index (χ0v) is 20.5. The molecule has 0 saturated heterocycles. The number of carbonyl (C=O) groups is 2. The summed E-state index contributed by atoms with van der Waals surface area (Å²) in [6.45, 7) is 10.7. The molecule has 0 heterocycles. The van der Waals surface area contributed by atoms with Gasteiger partial charge in [0.2, 0.25) is 0 Å². The van der Waals surface area contributed by atoms with Gasteiger partial charge in [-0.25, -0.2) is 5.01 Å². The highest BCUT2D eigenvalue weighted by Crippen LogP contribution is 2.34. The number of nitrogens with zero attached hydrogens (tertiary/aromatic N) is 1. The number of carbonyl (C=O) groups excluding carboxylic acids is 2. The molecule has 2 amide bonds. The first-order chi connectivity index (χ1) is 15.6. The van der Waals surface area contributed by atoms with Crippen molar-refractivity contribution in [3.63, 3.8) is 0 Å². The largest absolute Gasteiger partial charge is 0.488 e. The highest BCUT2D eigenvalue weighted by molar-refractivity contribution is 6.59. The molecule has 34 heavy (non-hydrogen) atoms. The van der Waals surface area contributed by atoms with Gasteiger partial charge in [0.15, 0.2) is 0 Å². The molecular weight excluding hydrogens is 436 g/mol. The standard InChI is InChI=1S/C23H33B2N3O6/c1-7-23(26,22(4,5)6)28(21(30)17-9-15(3)11-19(13-17)25(33)34)27-20(29)16-8-14(2)10-18(12-16)24(31)32/h8-13,31-34H,7,26H2,1-6H3,(H,27,29)/t23-/m1/s1. The van der Waals surface area contributed by atoms with Crippen LogP contribution in [0.5, 0.6) is 0 Å². The SMILES string of the molecule is CC[C@@](N)(N(NC(=O)c1cc(C)cc(B(O)O)c1)C(=O)c1cc(C)cc(B(O)O)c1)C(C)(C)C. The lowest BCUT2D eigenvalue weighted by molar-refractivity contribution is -0.0236. The van der Waals surface area contributed by atoms with Gasteiger partial charge in [-0.1, -0.05) is 51.0 Å². The van der Waals surface area contributed by atoms with E-state index in [9.17, 15) is 29.7 Å². The molecule has 0 bridgehead atoms. The highest BCUT2D eigenvalue weighted by atomic mass is 16.4. The maximum absolute atomic E-state index is 13.7. The smallest absolute Gasteiger partial charge is 0.423 e. The number of benzene rings is 2. The number of amides is 2. The van der Waals surface area contributed by atoms with E-state index < -0.39 is 37.1 Å². The van der Waals surface area contributed by atoms with Gasteiger partial charge < -0.3 is 25.8 Å². The lowest BCUT2D eigenvalue weighted by Gasteiger charge is -2.48. The summed E-state index contributed by atoms with van der Waals surface area (Å²) in [5, 5.41) is 39.4. The molecule has 0 fully saturated rings. The molecule has 182 valence electrons. The van der Waals surface area contributed by atoms with Crippen LogP contribution in [0.15, 0.2) is 36.4 Å². The summed E-state index contributed by atoms with van der Waals surface area (Å²) in [4.78, 5) is 27.0. The maximum Gasteiger partial charge on any atom is 0.488 e. The number of hydrazine groups is 1. The zero-order chi connectivity index (χ0) is 26.0. The van der Waals surface area contributed by atoms with Crippen LogP contribution in [0.25, 0.3) is 0 Å². The molecule has 0 unspecified atom stereocenters. The molecule has 9 nitrogen and oxygen atoms in total. The van der Waals surface area contributed by atoms with E-state index in [0.29, 0.717) is 11.1 Å². The predicted octanol–water partition coefficient (Wildman–Crippen LogP) is -0.439.